The van der Waals surface area contributed by atoms with Crippen molar-refractivity contribution in [3.05, 3.63) is 104 Å². The summed E-state index contributed by atoms with van der Waals surface area (Å²) in [5.74, 6) is -0.493. The number of hydrogen-bond acceptors (Lipinski definition) is 7. The normalized spacial score (nSPS) is 14.6. The number of ketones is 1. The molecule has 0 aliphatic carbocycles. The quantitative estimate of drug-likeness (QED) is 0.321. The van der Waals surface area contributed by atoms with Gasteiger partial charge in [-0.1, -0.05) is 35.9 Å². The highest BCUT2D eigenvalue weighted by Crippen LogP contribution is 2.19. The number of pyridine rings is 1. The van der Waals surface area contributed by atoms with E-state index >= 15 is 0 Å². The van der Waals surface area contributed by atoms with Crippen LogP contribution >= 0.6 is 11.6 Å². The zero-order valence-corrected chi connectivity index (χ0v) is 21.7. The van der Waals surface area contributed by atoms with Crippen molar-refractivity contribution in [1.82, 2.24) is 18.4 Å². The average Bonchev–Trinajstić information content (AvgIpc) is 2.95. The molecule has 12 heteroatoms. The van der Waals surface area contributed by atoms with Crippen molar-refractivity contribution in [2.75, 3.05) is 26.3 Å². The SMILES string of the molecule is O=C(Cn1c(=O)n(Cc2ccc(Cl)cc2)c(=O)c2ncccc21)c1cccc(S(=O)(=O)N2CCOCC2)c1. The van der Waals surface area contributed by atoms with Gasteiger partial charge in [-0.05, 0) is 42.0 Å². The number of ether oxygens (including phenoxy) is 1. The maximum Gasteiger partial charge on any atom is 0.332 e. The van der Waals surface area contributed by atoms with Crippen molar-refractivity contribution < 1.29 is 17.9 Å². The Balaban J connectivity index is 1.52. The van der Waals surface area contributed by atoms with Crippen LogP contribution in [0.3, 0.4) is 0 Å². The minimum absolute atomic E-state index is 0.0168. The highest BCUT2D eigenvalue weighted by molar-refractivity contribution is 7.89. The van der Waals surface area contributed by atoms with Gasteiger partial charge in [-0.25, -0.2) is 18.2 Å². The van der Waals surface area contributed by atoms with Crippen LogP contribution in [-0.4, -0.2) is 58.9 Å². The first-order valence-corrected chi connectivity index (χ1v) is 13.6. The van der Waals surface area contributed by atoms with Gasteiger partial charge in [0.15, 0.2) is 11.3 Å². The van der Waals surface area contributed by atoms with Crippen LogP contribution in [0.25, 0.3) is 11.0 Å². The molecule has 0 saturated carbocycles. The zero-order valence-electron chi connectivity index (χ0n) is 20.1. The summed E-state index contributed by atoms with van der Waals surface area (Å²) in [6.45, 7) is 0.598. The Hall–Kier alpha value is -3.64. The van der Waals surface area contributed by atoms with Crippen molar-refractivity contribution >= 4 is 38.4 Å². The maximum absolute atomic E-state index is 13.5. The molecule has 38 heavy (non-hydrogen) atoms. The first-order chi connectivity index (χ1) is 18.3. The monoisotopic (exact) mass is 554 g/mol. The minimum Gasteiger partial charge on any atom is -0.379 e. The van der Waals surface area contributed by atoms with Gasteiger partial charge in [-0.15, -0.1) is 0 Å². The number of rotatable bonds is 7. The summed E-state index contributed by atoms with van der Waals surface area (Å²) in [6.07, 6.45) is 1.44. The van der Waals surface area contributed by atoms with E-state index in [2.05, 4.69) is 4.98 Å². The number of aromatic nitrogens is 3. The van der Waals surface area contributed by atoms with Gasteiger partial charge in [0.05, 0.1) is 36.7 Å². The fourth-order valence-electron chi connectivity index (χ4n) is 4.31. The Morgan fingerprint density at radius 1 is 0.974 bits per heavy atom. The third-order valence-electron chi connectivity index (χ3n) is 6.31. The highest BCUT2D eigenvalue weighted by Gasteiger charge is 2.27. The second-order valence-corrected chi connectivity index (χ2v) is 11.1. The molecule has 0 atom stereocenters. The van der Waals surface area contributed by atoms with Crippen LogP contribution in [0, 0.1) is 0 Å². The zero-order chi connectivity index (χ0) is 26.9. The van der Waals surface area contributed by atoms with Gasteiger partial charge < -0.3 is 4.74 Å². The summed E-state index contributed by atoms with van der Waals surface area (Å²) in [5, 5.41) is 0.516. The molecule has 4 aromatic rings. The molecule has 1 aliphatic rings. The number of hydrogen-bond donors (Lipinski definition) is 0. The van der Waals surface area contributed by atoms with Gasteiger partial charge in [0.25, 0.3) is 5.56 Å². The molecular weight excluding hydrogens is 532 g/mol. The lowest BCUT2D eigenvalue weighted by Gasteiger charge is -2.26. The van der Waals surface area contributed by atoms with Crippen LogP contribution in [0.1, 0.15) is 15.9 Å². The van der Waals surface area contributed by atoms with Crippen LogP contribution in [0.5, 0.6) is 0 Å². The molecule has 0 unspecified atom stereocenters. The molecule has 3 heterocycles. The molecule has 0 N–H and O–H groups in total. The van der Waals surface area contributed by atoms with Crippen LogP contribution in [-0.2, 0) is 27.8 Å². The lowest BCUT2D eigenvalue weighted by atomic mass is 10.1. The Kier molecular flexibility index (Phi) is 7.26. The maximum atomic E-state index is 13.5. The van der Waals surface area contributed by atoms with Gasteiger partial charge in [-0.2, -0.15) is 4.31 Å². The fraction of sp³-hybridized carbons (Fsp3) is 0.231. The molecule has 0 bridgehead atoms. The Morgan fingerprint density at radius 2 is 1.71 bits per heavy atom. The Labute approximate surface area is 222 Å². The summed E-state index contributed by atoms with van der Waals surface area (Å²) in [4.78, 5) is 44.1. The van der Waals surface area contributed by atoms with E-state index in [9.17, 15) is 22.8 Å². The van der Waals surface area contributed by atoms with E-state index in [1.54, 1.807) is 36.4 Å². The topological polar surface area (TPSA) is 121 Å². The third kappa shape index (κ3) is 5.05. The number of morpholine rings is 1. The molecule has 10 nitrogen and oxygen atoms in total. The highest BCUT2D eigenvalue weighted by atomic mass is 35.5. The first-order valence-electron chi connectivity index (χ1n) is 11.8. The molecule has 2 aromatic heterocycles. The second kappa shape index (κ2) is 10.6. The molecule has 0 radical (unpaired) electrons. The Morgan fingerprint density at radius 3 is 2.45 bits per heavy atom. The number of fused-ring (bicyclic) bond motifs is 1. The van der Waals surface area contributed by atoms with Crippen LogP contribution in [0.4, 0.5) is 0 Å². The molecule has 1 aliphatic heterocycles. The average molecular weight is 555 g/mol. The van der Waals surface area contributed by atoms with Crippen molar-refractivity contribution in [2.45, 2.75) is 18.0 Å². The summed E-state index contributed by atoms with van der Waals surface area (Å²) >= 11 is 5.95. The van der Waals surface area contributed by atoms with Crippen molar-refractivity contribution in [3.8, 4) is 0 Å². The number of benzene rings is 2. The minimum atomic E-state index is -3.82. The predicted octanol–water partition coefficient (Wildman–Crippen LogP) is 2.16. The molecule has 196 valence electrons. The number of nitrogens with zero attached hydrogens (tertiary/aromatic N) is 4. The third-order valence-corrected chi connectivity index (χ3v) is 8.45. The summed E-state index contributed by atoms with van der Waals surface area (Å²) in [7, 11) is -3.82. The fourth-order valence-corrected chi connectivity index (χ4v) is 5.89. The standard InChI is InChI=1S/C26H23ClN4O6S/c27-20-8-6-18(7-9-20)16-31-25(33)24-22(5-2-10-28-24)30(26(31)34)17-23(32)19-3-1-4-21(15-19)38(35,36)29-11-13-37-14-12-29/h1-10,15H,11-14,16-17H2. The molecule has 5 rings (SSSR count). The largest absolute Gasteiger partial charge is 0.379 e. The van der Waals surface area contributed by atoms with Gasteiger partial charge in [0.1, 0.15) is 0 Å². The summed E-state index contributed by atoms with van der Waals surface area (Å²) in [6, 6.07) is 15.6. The van der Waals surface area contributed by atoms with Gasteiger partial charge in [-0.3, -0.25) is 18.7 Å². The smallest absolute Gasteiger partial charge is 0.332 e. The van der Waals surface area contributed by atoms with Crippen molar-refractivity contribution in [1.29, 1.82) is 0 Å². The van der Waals surface area contributed by atoms with E-state index in [1.807, 2.05) is 0 Å². The molecule has 1 fully saturated rings. The lowest BCUT2D eigenvalue weighted by molar-refractivity contribution is 0.0730. The van der Waals surface area contributed by atoms with Crippen LogP contribution in [0.15, 0.2) is 81.3 Å². The summed E-state index contributed by atoms with van der Waals surface area (Å²) < 4.78 is 34.9. The number of carbonyl (C=O) groups is 1. The molecule has 1 saturated heterocycles. The molecule has 2 aromatic carbocycles. The number of halogens is 1. The van der Waals surface area contributed by atoms with Crippen molar-refractivity contribution in [2.24, 2.45) is 0 Å². The van der Waals surface area contributed by atoms with E-state index in [-0.39, 0.29) is 41.1 Å². The first kappa shape index (κ1) is 26.0. The van der Waals surface area contributed by atoms with Gasteiger partial charge >= 0.3 is 5.69 Å². The summed E-state index contributed by atoms with van der Waals surface area (Å²) in [5.41, 5.74) is -0.224. The number of Topliss-reactive ketones (excluding diaryl/α,β-unsaturated/α-hetero) is 1. The van der Waals surface area contributed by atoms with Gasteiger partial charge in [0, 0.05) is 29.9 Å². The van der Waals surface area contributed by atoms with E-state index < -0.39 is 33.6 Å². The Bertz CT molecular complexity index is 1740. The molecular formula is C26H23ClN4O6S. The van der Waals surface area contributed by atoms with E-state index in [0.29, 0.717) is 23.8 Å². The predicted molar refractivity (Wildman–Crippen MR) is 141 cm³/mol. The number of sulfonamides is 1. The van der Waals surface area contributed by atoms with E-state index in [0.717, 1.165) is 4.57 Å². The number of carbonyl (C=O) groups excluding carboxylic acids is 1. The second-order valence-electron chi connectivity index (χ2n) is 8.73. The lowest BCUT2D eigenvalue weighted by Crippen LogP contribution is -2.41. The van der Waals surface area contributed by atoms with Crippen LogP contribution < -0.4 is 11.2 Å². The molecule has 0 spiro atoms. The van der Waals surface area contributed by atoms with Crippen LogP contribution in [0.2, 0.25) is 5.02 Å². The van der Waals surface area contributed by atoms with Crippen molar-refractivity contribution in [3.63, 3.8) is 0 Å². The molecule has 0 amide bonds. The van der Waals surface area contributed by atoms with E-state index in [1.165, 1.54) is 39.3 Å². The van der Waals surface area contributed by atoms with E-state index in [4.69, 9.17) is 16.3 Å². The van der Waals surface area contributed by atoms with Gasteiger partial charge in [0.2, 0.25) is 10.0 Å².